The molecule has 4 aromatic carbocycles. The van der Waals surface area contributed by atoms with Gasteiger partial charge in [-0.15, -0.1) is 11.8 Å². The zero-order valence-corrected chi connectivity index (χ0v) is 28.7. The molecule has 0 bridgehead atoms. The summed E-state index contributed by atoms with van der Waals surface area (Å²) < 4.78 is 4.28. The zero-order chi connectivity index (χ0) is 33.2. The molecule has 0 aliphatic rings. The second-order valence-corrected chi connectivity index (χ2v) is 13.7. The predicted molar refractivity (Wildman–Crippen MR) is 193 cm³/mol. The van der Waals surface area contributed by atoms with Gasteiger partial charge in [0.1, 0.15) is 10.9 Å². The van der Waals surface area contributed by atoms with E-state index in [0.29, 0.717) is 32.1 Å². The molecule has 1 heterocycles. The molecule has 0 aliphatic carbocycles. The van der Waals surface area contributed by atoms with Gasteiger partial charge in [0.05, 0.1) is 10.0 Å². The van der Waals surface area contributed by atoms with Crippen LogP contribution in [0.15, 0.2) is 119 Å². The van der Waals surface area contributed by atoms with E-state index in [2.05, 4.69) is 25.3 Å². The number of hydrogen-bond donors (Lipinski definition) is 3. The highest BCUT2D eigenvalue weighted by atomic mass is 35.5. The molecule has 1 atom stereocenters. The Morgan fingerprint density at radius 2 is 1.57 bits per heavy atom. The molecule has 5 rings (SSSR count). The number of carbonyl (C=O) groups is 3. The predicted octanol–water partition coefficient (Wildman–Crippen LogP) is 8.84. The smallest absolute Gasteiger partial charge is 0.272 e. The van der Waals surface area contributed by atoms with Gasteiger partial charge in [-0.3, -0.25) is 19.7 Å². The lowest BCUT2D eigenvalue weighted by atomic mass is 10.1. The average Bonchev–Trinajstić information content (AvgIpc) is 3.53. The standard InChI is InChI=1S/C34H27Cl2N5O3S3/c1-2-45-34-40-33(47-41-34)39-32(44)29(21-10-5-3-6-11-21)46-25-18-16-24(17-19-25)37-31(43)27(20-23-14-9-15-26(35)28(23)36)38-30(42)22-12-7-4-8-13-22/h3-20,29H,2H2,1H3,(H,37,43)(H,38,42)(H,39,40,41,44)/b27-20-. The number of amides is 3. The molecule has 0 saturated heterocycles. The van der Waals surface area contributed by atoms with Gasteiger partial charge in [0, 0.05) is 27.7 Å². The van der Waals surface area contributed by atoms with E-state index in [1.54, 1.807) is 60.7 Å². The first kappa shape index (κ1) is 34.2. The lowest BCUT2D eigenvalue weighted by Crippen LogP contribution is -2.30. The van der Waals surface area contributed by atoms with E-state index in [0.717, 1.165) is 27.7 Å². The van der Waals surface area contributed by atoms with Crippen molar-refractivity contribution in [2.45, 2.75) is 22.2 Å². The maximum atomic E-state index is 13.5. The molecule has 47 heavy (non-hydrogen) atoms. The monoisotopic (exact) mass is 719 g/mol. The van der Waals surface area contributed by atoms with E-state index in [9.17, 15) is 14.4 Å². The minimum Gasteiger partial charge on any atom is -0.321 e. The average molecular weight is 721 g/mol. The van der Waals surface area contributed by atoms with Crippen molar-refractivity contribution in [3.05, 3.63) is 136 Å². The van der Waals surface area contributed by atoms with E-state index in [4.69, 9.17) is 23.2 Å². The van der Waals surface area contributed by atoms with Gasteiger partial charge in [-0.05, 0) is 65.4 Å². The molecule has 13 heteroatoms. The van der Waals surface area contributed by atoms with Gasteiger partial charge >= 0.3 is 0 Å². The van der Waals surface area contributed by atoms with Gasteiger partial charge < -0.3 is 10.6 Å². The molecule has 5 aromatic rings. The molecule has 0 radical (unpaired) electrons. The summed E-state index contributed by atoms with van der Waals surface area (Å²) in [5, 5.41) is 9.48. The summed E-state index contributed by atoms with van der Waals surface area (Å²) in [7, 11) is 0. The van der Waals surface area contributed by atoms with Crippen LogP contribution >= 0.6 is 58.3 Å². The van der Waals surface area contributed by atoms with Crippen LogP contribution in [-0.2, 0) is 9.59 Å². The highest BCUT2D eigenvalue weighted by Gasteiger charge is 2.24. The molecule has 1 aromatic heterocycles. The van der Waals surface area contributed by atoms with Crippen LogP contribution in [0.4, 0.5) is 10.8 Å². The molecule has 3 N–H and O–H groups in total. The number of aromatic nitrogens is 2. The summed E-state index contributed by atoms with van der Waals surface area (Å²) in [5.74, 6) is -0.425. The number of anilines is 2. The summed E-state index contributed by atoms with van der Waals surface area (Å²) in [6.45, 7) is 2.01. The van der Waals surface area contributed by atoms with Crippen LogP contribution < -0.4 is 16.0 Å². The first-order valence-corrected chi connectivity index (χ1v) is 17.6. The summed E-state index contributed by atoms with van der Waals surface area (Å²) in [5.41, 5.74) is 2.12. The van der Waals surface area contributed by atoms with Crippen LogP contribution in [0.3, 0.4) is 0 Å². The van der Waals surface area contributed by atoms with Gasteiger partial charge in [0.25, 0.3) is 11.8 Å². The summed E-state index contributed by atoms with van der Waals surface area (Å²) in [4.78, 5) is 45.1. The Hall–Kier alpha value is -4.13. The van der Waals surface area contributed by atoms with Gasteiger partial charge in [0.2, 0.25) is 16.2 Å². The summed E-state index contributed by atoms with van der Waals surface area (Å²) in [6, 6.07) is 30.1. The van der Waals surface area contributed by atoms with Crippen LogP contribution in [0, 0.1) is 0 Å². The molecule has 238 valence electrons. The largest absolute Gasteiger partial charge is 0.321 e. The number of hydrogen-bond acceptors (Lipinski definition) is 8. The fourth-order valence-corrected chi connectivity index (χ4v) is 6.86. The third kappa shape index (κ3) is 9.46. The third-order valence-corrected chi connectivity index (χ3v) is 10.0. The van der Waals surface area contributed by atoms with Gasteiger partial charge in [0.15, 0.2) is 0 Å². The van der Waals surface area contributed by atoms with Gasteiger partial charge in [-0.25, -0.2) is 0 Å². The van der Waals surface area contributed by atoms with Gasteiger partial charge in [-0.1, -0.05) is 103 Å². The number of thioether (sulfide) groups is 2. The Kier molecular flexibility index (Phi) is 12.1. The number of nitrogens with one attached hydrogen (secondary N) is 3. The lowest BCUT2D eigenvalue weighted by Gasteiger charge is -2.16. The second kappa shape index (κ2) is 16.6. The van der Waals surface area contributed by atoms with Crippen molar-refractivity contribution in [1.29, 1.82) is 0 Å². The van der Waals surface area contributed by atoms with Crippen LogP contribution in [0.1, 0.15) is 33.7 Å². The molecule has 0 saturated carbocycles. The van der Waals surface area contributed by atoms with Crippen LogP contribution in [0.2, 0.25) is 10.0 Å². The van der Waals surface area contributed by atoms with Crippen molar-refractivity contribution in [2.75, 3.05) is 16.4 Å². The molecule has 0 fully saturated rings. The van der Waals surface area contributed by atoms with E-state index < -0.39 is 17.1 Å². The molecule has 0 aliphatic heterocycles. The first-order valence-electron chi connectivity index (χ1n) is 14.2. The van der Waals surface area contributed by atoms with Crippen LogP contribution in [0.25, 0.3) is 6.08 Å². The number of benzene rings is 4. The number of nitrogens with zero attached hydrogens (tertiary/aromatic N) is 2. The van der Waals surface area contributed by atoms with Crippen molar-refractivity contribution in [3.8, 4) is 0 Å². The Balaban J connectivity index is 1.33. The van der Waals surface area contributed by atoms with Gasteiger partial charge in [-0.2, -0.15) is 9.36 Å². The normalized spacial score (nSPS) is 11.9. The van der Waals surface area contributed by atoms with Crippen molar-refractivity contribution in [1.82, 2.24) is 14.7 Å². The van der Waals surface area contributed by atoms with Crippen molar-refractivity contribution < 1.29 is 14.4 Å². The SMILES string of the molecule is CCSc1nsc(NC(=O)C(Sc2ccc(NC(=O)/C(=C/c3cccc(Cl)c3Cl)NC(=O)c3ccccc3)cc2)c2ccccc2)n1. The molecule has 1 unspecified atom stereocenters. The van der Waals surface area contributed by atoms with E-state index in [1.165, 1.54) is 29.6 Å². The summed E-state index contributed by atoms with van der Waals surface area (Å²) in [6.07, 6.45) is 1.47. The topological polar surface area (TPSA) is 113 Å². The number of carbonyl (C=O) groups excluding carboxylic acids is 3. The Morgan fingerprint density at radius 3 is 2.28 bits per heavy atom. The quantitative estimate of drug-likeness (QED) is 0.0872. The van der Waals surface area contributed by atoms with E-state index >= 15 is 0 Å². The molecular weight excluding hydrogens is 694 g/mol. The fourth-order valence-electron chi connectivity index (χ4n) is 4.20. The van der Waals surface area contributed by atoms with Crippen molar-refractivity contribution in [2.24, 2.45) is 0 Å². The molecular formula is C34H27Cl2N5O3S3. The number of rotatable bonds is 12. The van der Waals surface area contributed by atoms with Crippen molar-refractivity contribution >= 4 is 92.9 Å². The third-order valence-electron chi connectivity index (χ3n) is 6.43. The molecule has 0 spiro atoms. The Morgan fingerprint density at radius 1 is 0.872 bits per heavy atom. The maximum absolute atomic E-state index is 13.5. The molecule has 3 amide bonds. The van der Waals surface area contributed by atoms with Crippen molar-refractivity contribution in [3.63, 3.8) is 0 Å². The van der Waals surface area contributed by atoms with E-state index in [-0.39, 0.29) is 16.6 Å². The maximum Gasteiger partial charge on any atom is 0.272 e. The highest BCUT2D eigenvalue weighted by molar-refractivity contribution is 8.00. The second-order valence-electron chi connectivity index (χ2n) is 9.71. The fraction of sp³-hybridized carbons (Fsp3) is 0.0882. The van der Waals surface area contributed by atoms with Crippen LogP contribution in [0.5, 0.6) is 0 Å². The minimum atomic E-state index is -0.576. The lowest BCUT2D eigenvalue weighted by molar-refractivity contribution is -0.116. The van der Waals surface area contributed by atoms with E-state index in [1.807, 2.05) is 49.4 Å². The zero-order valence-electron chi connectivity index (χ0n) is 24.8. The Labute approximate surface area is 294 Å². The van der Waals surface area contributed by atoms with Crippen LogP contribution in [-0.4, -0.2) is 32.8 Å². The molecule has 8 nitrogen and oxygen atoms in total. The minimum absolute atomic E-state index is 0.0283. The number of halogens is 2. The first-order chi connectivity index (χ1) is 22.8. The highest BCUT2D eigenvalue weighted by Crippen LogP contribution is 2.37. The Bertz CT molecular complexity index is 1890. The summed E-state index contributed by atoms with van der Waals surface area (Å²) >= 11 is 16.6.